The highest BCUT2D eigenvalue weighted by Crippen LogP contribution is 2.34. The molecule has 1 aromatic heterocycles. The molecule has 3 aromatic carbocycles. The van der Waals surface area contributed by atoms with Gasteiger partial charge < -0.3 is 15.3 Å². The van der Waals surface area contributed by atoms with Crippen molar-refractivity contribution in [2.45, 2.75) is 19.6 Å². The molecule has 0 aliphatic carbocycles. The van der Waals surface area contributed by atoms with Gasteiger partial charge in [0.15, 0.2) is 6.10 Å². The second-order valence-electron chi connectivity index (χ2n) is 8.17. The molecule has 1 atom stereocenters. The number of carbonyl (C=O) groups is 1. The lowest BCUT2D eigenvalue weighted by molar-refractivity contribution is -0.138. The maximum absolute atomic E-state index is 13.5. The van der Waals surface area contributed by atoms with Crippen molar-refractivity contribution >= 4 is 23.6 Å². The van der Waals surface area contributed by atoms with Crippen LogP contribution in [0, 0.1) is 12.7 Å². The van der Waals surface area contributed by atoms with Crippen molar-refractivity contribution in [2.75, 3.05) is 5.32 Å². The Bertz CT molecular complexity index is 1350. The quantitative estimate of drug-likeness (QED) is 0.432. The maximum atomic E-state index is 13.5. The van der Waals surface area contributed by atoms with Gasteiger partial charge in [-0.2, -0.15) is 0 Å². The highest BCUT2D eigenvalue weighted by Gasteiger charge is 2.28. The summed E-state index contributed by atoms with van der Waals surface area (Å²) in [6.07, 6.45) is 2.11. The number of nitrogens with zero attached hydrogens (tertiary/aromatic N) is 3. The van der Waals surface area contributed by atoms with Crippen LogP contribution in [0.3, 0.4) is 0 Å². The van der Waals surface area contributed by atoms with Crippen LogP contribution in [0.25, 0.3) is 17.5 Å². The lowest BCUT2D eigenvalue weighted by Crippen LogP contribution is -2.33. The van der Waals surface area contributed by atoms with E-state index in [-0.39, 0.29) is 12.4 Å². The van der Waals surface area contributed by atoms with Crippen molar-refractivity contribution in [1.82, 2.24) is 14.5 Å². The number of aromatic nitrogens is 2. The summed E-state index contributed by atoms with van der Waals surface area (Å²) >= 11 is 0. The zero-order valence-corrected chi connectivity index (χ0v) is 18.5. The van der Waals surface area contributed by atoms with Crippen LogP contribution < -0.4 is 5.32 Å². The van der Waals surface area contributed by atoms with Gasteiger partial charge in [-0.25, -0.2) is 9.37 Å². The van der Waals surface area contributed by atoms with E-state index in [1.54, 1.807) is 48.8 Å². The Morgan fingerprint density at radius 1 is 1.00 bits per heavy atom. The van der Waals surface area contributed by atoms with Gasteiger partial charge in [-0.15, -0.1) is 0 Å². The zero-order valence-electron chi connectivity index (χ0n) is 18.5. The molecular weight excluding hydrogens is 431 g/mol. The Morgan fingerprint density at radius 2 is 1.71 bits per heavy atom. The molecule has 2 heterocycles. The van der Waals surface area contributed by atoms with Crippen molar-refractivity contribution in [2.24, 2.45) is 0 Å². The number of imidazole rings is 1. The van der Waals surface area contributed by atoms with E-state index in [4.69, 9.17) is 4.98 Å². The predicted octanol–water partition coefficient (Wildman–Crippen LogP) is 5.25. The summed E-state index contributed by atoms with van der Waals surface area (Å²) in [4.78, 5) is 19.2. The summed E-state index contributed by atoms with van der Waals surface area (Å²) in [6.45, 7) is 2.20. The molecule has 1 unspecified atom stereocenters. The Morgan fingerprint density at radius 3 is 2.41 bits per heavy atom. The second kappa shape index (κ2) is 8.96. The predicted molar refractivity (Wildman–Crippen MR) is 129 cm³/mol. The summed E-state index contributed by atoms with van der Waals surface area (Å²) < 4.78 is 15.4. The Balaban J connectivity index is 1.49. The molecule has 0 fully saturated rings. The number of rotatable bonds is 5. The van der Waals surface area contributed by atoms with E-state index in [2.05, 4.69) is 5.32 Å². The fourth-order valence-electron chi connectivity index (χ4n) is 3.89. The number of hydrogen-bond donors (Lipinski definition) is 2. The van der Waals surface area contributed by atoms with Crippen LogP contribution in [0.2, 0.25) is 0 Å². The minimum atomic E-state index is -1.27. The third kappa shape index (κ3) is 4.21. The van der Waals surface area contributed by atoms with E-state index in [0.29, 0.717) is 22.9 Å². The van der Waals surface area contributed by atoms with Crippen LogP contribution in [-0.2, 0) is 11.3 Å². The average Bonchev–Trinajstić information content (AvgIpc) is 3.23. The van der Waals surface area contributed by atoms with Gasteiger partial charge >= 0.3 is 0 Å². The number of aliphatic hydroxyl groups excluding tert-OH is 1. The minimum absolute atomic E-state index is 0.184. The Kier molecular flexibility index (Phi) is 5.69. The second-order valence-corrected chi connectivity index (χ2v) is 8.17. The fraction of sp³-hybridized carbons (Fsp3) is 0.111. The van der Waals surface area contributed by atoms with Gasteiger partial charge in [-0.05, 0) is 48.9 Å². The molecule has 7 heteroatoms. The first-order valence-electron chi connectivity index (χ1n) is 10.9. The van der Waals surface area contributed by atoms with Gasteiger partial charge in [0.1, 0.15) is 23.2 Å². The van der Waals surface area contributed by atoms with Crippen molar-refractivity contribution in [1.29, 1.82) is 0 Å². The van der Waals surface area contributed by atoms with Gasteiger partial charge in [0.25, 0.3) is 5.91 Å². The minimum Gasteiger partial charge on any atom is -0.378 e. The molecule has 5 rings (SSSR count). The topological polar surface area (TPSA) is 70.4 Å². The van der Waals surface area contributed by atoms with Gasteiger partial charge in [0.05, 0.1) is 6.54 Å². The van der Waals surface area contributed by atoms with Gasteiger partial charge in [0.2, 0.25) is 0 Å². The molecule has 1 aliphatic heterocycles. The van der Waals surface area contributed by atoms with Crippen molar-refractivity contribution in [3.05, 3.63) is 108 Å². The van der Waals surface area contributed by atoms with Gasteiger partial charge in [0, 0.05) is 23.7 Å². The summed E-state index contributed by atoms with van der Waals surface area (Å²) in [6, 6.07) is 22.9. The number of benzene rings is 3. The summed E-state index contributed by atoms with van der Waals surface area (Å²) in [5.41, 5.74) is 3.93. The summed E-state index contributed by atoms with van der Waals surface area (Å²) in [5.74, 6) is 0.558. The molecule has 6 nitrogen and oxygen atoms in total. The Hall–Kier alpha value is -4.23. The van der Waals surface area contributed by atoms with Crippen LogP contribution in [0.5, 0.6) is 0 Å². The highest BCUT2D eigenvalue weighted by atomic mass is 19.1. The number of aryl methyl sites for hydroxylation is 1. The molecule has 1 aliphatic rings. The normalized spacial score (nSPS) is 13.4. The third-order valence-corrected chi connectivity index (χ3v) is 5.76. The summed E-state index contributed by atoms with van der Waals surface area (Å²) in [7, 11) is 0. The van der Waals surface area contributed by atoms with E-state index in [1.807, 2.05) is 41.8 Å². The van der Waals surface area contributed by atoms with Crippen LogP contribution in [0.1, 0.15) is 23.1 Å². The van der Waals surface area contributed by atoms with Crippen molar-refractivity contribution in [3.63, 3.8) is 0 Å². The van der Waals surface area contributed by atoms with E-state index < -0.39 is 12.0 Å². The van der Waals surface area contributed by atoms with E-state index in [1.165, 1.54) is 17.0 Å². The van der Waals surface area contributed by atoms with Gasteiger partial charge in [-0.1, -0.05) is 48.0 Å². The zero-order chi connectivity index (χ0) is 23.7. The molecule has 0 bridgehead atoms. The molecule has 34 heavy (non-hydrogen) atoms. The number of carbonyl (C=O) groups excluding carboxylic acids is 1. The lowest BCUT2D eigenvalue weighted by atomic mass is 10.1. The van der Waals surface area contributed by atoms with Crippen LogP contribution in [-0.4, -0.2) is 25.5 Å². The molecular formula is C27H23FN4O2. The monoisotopic (exact) mass is 454 g/mol. The average molecular weight is 455 g/mol. The van der Waals surface area contributed by atoms with Crippen LogP contribution in [0.15, 0.2) is 85.1 Å². The lowest BCUT2D eigenvalue weighted by Gasteiger charge is -2.25. The van der Waals surface area contributed by atoms with E-state index in [9.17, 15) is 14.3 Å². The number of aliphatic hydroxyl groups is 1. The number of anilines is 2. The first-order valence-corrected chi connectivity index (χ1v) is 10.9. The molecule has 2 N–H and O–H groups in total. The smallest absolute Gasteiger partial charge is 0.260 e. The van der Waals surface area contributed by atoms with E-state index >= 15 is 0 Å². The first kappa shape index (κ1) is 21.6. The van der Waals surface area contributed by atoms with E-state index in [0.717, 1.165) is 16.8 Å². The van der Waals surface area contributed by atoms with Gasteiger partial charge in [-0.3, -0.25) is 9.36 Å². The van der Waals surface area contributed by atoms with Crippen molar-refractivity contribution in [3.8, 4) is 11.3 Å². The summed E-state index contributed by atoms with van der Waals surface area (Å²) in [5, 5.41) is 14.0. The molecule has 0 radical (unpaired) electrons. The number of hydrogen-bond acceptors (Lipinski definition) is 4. The Labute approximate surface area is 196 Å². The maximum Gasteiger partial charge on any atom is 0.260 e. The number of fused-ring (bicyclic) bond motifs is 1. The number of halogens is 1. The van der Waals surface area contributed by atoms with Crippen LogP contribution in [0.4, 0.5) is 15.9 Å². The first-order chi connectivity index (χ1) is 16.5. The highest BCUT2D eigenvalue weighted by molar-refractivity contribution is 5.84. The molecule has 0 saturated heterocycles. The molecule has 0 spiro atoms. The molecule has 1 amide bonds. The molecule has 4 aromatic rings. The molecule has 170 valence electrons. The number of amides is 1. The molecule has 0 saturated carbocycles. The largest absolute Gasteiger partial charge is 0.378 e. The fourth-order valence-corrected chi connectivity index (χ4v) is 3.89. The standard InChI is InChI=1S/C27H23FN4O2/c1-18-7-13-22(14-8-18)29-26-24(19-9-11-21(28)12-10-19)30-23-17-31(15-16-32(23)26)27(34)25(33)20-5-3-2-4-6-20/h2-16,25,29,33H,17H2,1H3. The van der Waals surface area contributed by atoms with Crippen molar-refractivity contribution < 1.29 is 14.3 Å². The third-order valence-electron chi connectivity index (χ3n) is 5.76. The number of nitrogens with one attached hydrogen (secondary N) is 1. The van der Waals surface area contributed by atoms with Crippen LogP contribution >= 0.6 is 0 Å². The SMILES string of the molecule is Cc1ccc(Nc2c(-c3ccc(F)cc3)nc3n2C=CN(C(=O)C(O)c2ccccc2)C3)cc1.